The summed E-state index contributed by atoms with van der Waals surface area (Å²) in [5, 5.41) is 2.28. The van der Waals surface area contributed by atoms with Crippen LogP contribution in [0.4, 0.5) is 0 Å². The number of fused-ring (bicyclic) bond motifs is 1. The van der Waals surface area contributed by atoms with Gasteiger partial charge in [0.1, 0.15) is 4.83 Å². The molecule has 3 rings (SSSR count). The number of halogens is 1. The highest BCUT2D eigenvalue weighted by Crippen LogP contribution is 2.29. The van der Waals surface area contributed by atoms with E-state index in [0.717, 1.165) is 42.2 Å². The van der Waals surface area contributed by atoms with Gasteiger partial charge in [0.15, 0.2) is 5.16 Å². The third-order valence-corrected chi connectivity index (χ3v) is 6.25. The molecule has 0 amide bonds. The van der Waals surface area contributed by atoms with Crippen LogP contribution in [-0.4, -0.2) is 9.55 Å². The minimum Gasteiger partial charge on any atom is -0.287 e. The van der Waals surface area contributed by atoms with E-state index in [-0.39, 0.29) is 5.56 Å². The van der Waals surface area contributed by atoms with Crippen LogP contribution >= 0.6 is 34.7 Å². The van der Waals surface area contributed by atoms with Gasteiger partial charge in [-0.2, -0.15) is 0 Å². The highest BCUT2D eigenvalue weighted by atomic mass is 35.5. The quantitative estimate of drug-likeness (QED) is 0.480. The average molecular weight is 365 g/mol. The molecule has 0 atom stereocenters. The van der Waals surface area contributed by atoms with Gasteiger partial charge in [-0.3, -0.25) is 9.36 Å². The lowest BCUT2D eigenvalue weighted by atomic mass is 10.2. The lowest BCUT2D eigenvalue weighted by molar-refractivity contribution is 0.635. The molecule has 2 aromatic heterocycles. The van der Waals surface area contributed by atoms with Gasteiger partial charge in [0.25, 0.3) is 5.56 Å². The van der Waals surface area contributed by atoms with Crippen LogP contribution in [0.1, 0.15) is 22.9 Å². The predicted molar refractivity (Wildman–Crippen MR) is 100 cm³/mol. The van der Waals surface area contributed by atoms with Gasteiger partial charge in [0.05, 0.1) is 5.39 Å². The van der Waals surface area contributed by atoms with Gasteiger partial charge in [0, 0.05) is 22.2 Å². The van der Waals surface area contributed by atoms with E-state index in [2.05, 4.69) is 0 Å². The fourth-order valence-corrected chi connectivity index (χ4v) is 4.64. The molecule has 3 nitrogen and oxygen atoms in total. The SMILES string of the molecule is CCn1c(SCc2ccc(Cl)cc2)nc2sc(C)c(C)c2c1=O. The van der Waals surface area contributed by atoms with Crippen LogP contribution in [0.15, 0.2) is 34.2 Å². The van der Waals surface area contributed by atoms with Crippen molar-refractivity contribution in [3.63, 3.8) is 0 Å². The zero-order valence-corrected chi connectivity index (χ0v) is 15.6. The molecule has 0 fully saturated rings. The van der Waals surface area contributed by atoms with Crippen molar-refractivity contribution in [1.82, 2.24) is 9.55 Å². The number of aryl methyl sites for hydroxylation is 2. The van der Waals surface area contributed by atoms with Crippen LogP contribution in [0, 0.1) is 13.8 Å². The van der Waals surface area contributed by atoms with Crippen LogP contribution in [0.2, 0.25) is 5.02 Å². The first kappa shape index (κ1) is 16.6. The van der Waals surface area contributed by atoms with Crippen LogP contribution in [-0.2, 0) is 12.3 Å². The Morgan fingerprint density at radius 2 is 1.96 bits per heavy atom. The molecule has 0 N–H and O–H groups in total. The van der Waals surface area contributed by atoms with Crippen molar-refractivity contribution in [1.29, 1.82) is 0 Å². The molecule has 0 bridgehead atoms. The van der Waals surface area contributed by atoms with Crippen molar-refractivity contribution in [2.24, 2.45) is 0 Å². The summed E-state index contributed by atoms with van der Waals surface area (Å²) in [6.07, 6.45) is 0. The Hall–Kier alpha value is -1.30. The Morgan fingerprint density at radius 3 is 2.61 bits per heavy atom. The minimum atomic E-state index is 0.0676. The van der Waals surface area contributed by atoms with Crippen molar-refractivity contribution >= 4 is 44.9 Å². The summed E-state index contributed by atoms with van der Waals surface area (Å²) in [5.41, 5.74) is 2.28. The third-order valence-electron chi connectivity index (χ3n) is 3.85. The molecular weight excluding hydrogens is 348 g/mol. The number of nitrogens with zero attached hydrogens (tertiary/aromatic N) is 2. The molecule has 6 heteroatoms. The average Bonchev–Trinajstić information content (AvgIpc) is 2.82. The lowest BCUT2D eigenvalue weighted by Gasteiger charge is -2.10. The summed E-state index contributed by atoms with van der Waals surface area (Å²) in [6, 6.07) is 7.77. The number of benzene rings is 1. The maximum absolute atomic E-state index is 12.8. The van der Waals surface area contributed by atoms with Crippen molar-refractivity contribution in [2.75, 3.05) is 0 Å². The monoisotopic (exact) mass is 364 g/mol. The van der Waals surface area contributed by atoms with E-state index in [1.54, 1.807) is 27.7 Å². The second kappa shape index (κ2) is 6.67. The van der Waals surface area contributed by atoms with Crippen molar-refractivity contribution < 1.29 is 0 Å². The first-order valence-corrected chi connectivity index (χ1v) is 9.57. The largest absolute Gasteiger partial charge is 0.287 e. The number of thiophene rings is 1. The summed E-state index contributed by atoms with van der Waals surface area (Å²) in [5.74, 6) is 0.762. The Balaban J connectivity index is 1.99. The number of rotatable bonds is 4. The molecule has 23 heavy (non-hydrogen) atoms. The lowest BCUT2D eigenvalue weighted by Crippen LogP contribution is -2.22. The summed E-state index contributed by atoms with van der Waals surface area (Å²) in [6.45, 7) is 6.64. The van der Waals surface area contributed by atoms with Crippen LogP contribution in [0.5, 0.6) is 0 Å². The Bertz CT molecular complexity index is 913. The first-order chi connectivity index (χ1) is 11.0. The van der Waals surface area contributed by atoms with E-state index in [1.165, 1.54) is 0 Å². The second-order valence-corrected chi connectivity index (χ2v) is 7.90. The van der Waals surface area contributed by atoms with Crippen LogP contribution in [0.3, 0.4) is 0 Å². The highest BCUT2D eigenvalue weighted by Gasteiger charge is 2.16. The number of thioether (sulfide) groups is 1. The summed E-state index contributed by atoms with van der Waals surface area (Å²) >= 11 is 9.10. The van der Waals surface area contributed by atoms with Crippen LogP contribution in [0.25, 0.3) is 10.2 Å². The zero-order chi connectivity index (χ0) is 16.6. The molecule has 0 radical (unpaired) electrons. The standard InChI is InChI=1S/C17H17ClN2OS2/c1-4-20-16(21)14-10(2)11(3)23-15(14)19-17(20)22-9-12-5-7-13(18)8-6-12/h5-8H,4,9H2,1-3H3. The van der Waals surface area contributed by atoms with E-state index < -0.39 is 0 Å². The molecule has 0 unspecified atom stereocenters. The third kappa shape index (κ3) is 3.18. The molecule has 2 heterocycles. The minimum absolute atomic E-state index is 0.0676. The van der Waals surface area contributed by atoms with E-state index in [0.29, 0.717) is 6.54 Å². The molecule has 0 aliphatic rings. The molecule has 3 aromatic rings. The molecule has 0 saturated heterocycles. The fraction of sp³-hybridized carbons (Fsp3) is 0.294. The van der Waals surface area contributed by atoms with Gasteiger partial charge in [-0.05, 0) is 44.0 Å². The van der Waals surface area contributed by atoms with Gasteiger partial charge in [-0.15, -0.1) is 11.3 Å². The van der Waals surface area contributed by atoms with Crippen molar-refractivity contribution in [3.8, 4) is 0 Å². The molecule has 120 valence electrons. The van der Waals surface area contributed by atoms with E-state index in [4.69, 9.17) is 16.6 Å². The number of hydrogen-bond acceptors (Lipinski definition) is 4. The normalized spacial score (nSPS) is 11.3. The second-order valence-electron chi connectivity index (χ2n) is 5.32. The van der Waals surface area contributed by atoms with Crippen molar-refractivity contribution in [2.45, 2.75) is 38.2 Å². The van der Waals surface area contributed by atoms with Gasteiger partial charge in [0.2, 0.25) is 0 Å². The number of hydrogen-bond donors (Lipinski definition) is 0. The molecular formula is C17H17ClN2OS2. The summed E-state index contributed by atoms with van der Waals surface area (Å²) < 4.78 is 1.77. The van der Waals surface area contributed by atoms with E-state index in [9.17, 15) is 4.79 Å². The topological polar surface area (TPSA) is 34.9 Å². The van der Waals surface area contributed by atoms with E-state index >= 15 is 0 Å². The molecule has 0 saturated carbocycles. The highest BCUT2D eigenvalue weighted by molar-refractivity contribution is 7.98. The Kier molecular flexibility index (Phi) is 4.80. The van der Waals surface area contributed by atoms with E-state index in [1.807, 2.05) is 45.0 Å². The Morgan fingerprint density at radius 1 is 1.26 bits per heavy atom. The van der Waals surface area contributed by atoms with Gasteiger partial charge >= 0.3 is 0 Å². The molecule has 1 aromatic carbocycles. The summed E-state index contributed by atoms with van der Waals surface area (Å²) in [7, 11) is 0. The summed E-state index contributed by atoms with van der Waals surface area (Å²) in [4.78, 5) is 19.5. The predicted octanol–water partition coefficient (Wildman–Crippen LogP) is 5.04. The zero-order valence-electron chi connectivity index (χ0n) is 13.2. The fourth-order valence-electron chi connectivity index (χ4n) is 2.43. The molecule has 0 aliphatic heterocycles. The molecule has 0 spiro atoms. The molecule has 0 aliphatic carbocycles. The smallest absolute Gasteiger partial charge is 0.263 e. The van der Waals surface area contributed by atoms with Gasteiger partial charge in [-0.1, -0.05) is 35.5 Å². The van der Waals surface area contributed by atoms with Crippen molar-refractivity contribution in [3.05, 3.63) is 55.6 Å². The maximum atomic E-state index is 12.8. The first-order valence-electron chi connectivity index (χ1n) is 7.39. The van der Waals surface area contributed by atoms with Crippen LogP contribution < -0.4 is 5.56 Å². The number of aromatic nitrogens is 2. The van der Waals surface area contributed by atoms with Gasteiger partial charge < -0.3 is 0 Å². The Labute approximate surface area is 148 Å². The van der Waals surface area contributed by atoms with Gasteiger partial charge in [-0.25, -0.2) is 4.98 Å². The maximum Gasteiger partial charge on any atom is 0.263 e.